The molecule has 1 fully saturated rings. The average molecular weight is 211 g/mol. The summed E-state index contributed by atoms with van der Waals surface area (Å²) in [6.45, 7) is 1.88. The Hall–Kier alpha value is -0.940. The molecule has 0 bridgehead atoms. The second-order valence-corrected chi connectivity index (χ2v) is 3.89. The molecular formula is C10H17N3O2. The first-order chi connectivity index (χ1) is 7.38. The van der Waals surface area contributed by atoms with Gasteiger partial charge in [-0.25, -0.2) is 4.68 Å². The molecule has 1 aromatic heterocycles. The number of hydrogen-bond donors (Lipinski definition) is 1. The van der Waals surface area contributed by atoms with Crippen LogP contribution in [0.25, 0.3) is 0 Å². The number of ether oxygens (including phenoxy) is 1. The highest BCUT2D eigenvalue weighted by molar-refractivity contribution is 4.92. The number of aliphatic hydroxyl groups is 1. The van der Waals surface area contributed by atoms with E-state index in [1.807, 2.05) is 10.9 Å². The second kappa shape index (κ2) is 5.23. The quantitative estimate of drug-likeness (QED) is 0.765. The van der Waals surface area contributed by atoms with E-state index >= 15 is 0 Å². The Bertz CT molecular complexity index is 295. The molecule has 2 rings (SSSR count). The van der Waals surface area contributed by atoms with Crippen LogP contribution in [0.3, 0.4) is 0 Å². The van der Waals surface area contributed by atoms with E-state index in [1.54, 1.807) is 0 Å². The van der Waals surface area contributed by atoms with Gasteiger partial charge in [0.2, 0.25) is 0 Å². The van der Waals surface area contributed by atoms with Crippen LogP contribution in [-0.4, -0.2) is 39.4 Å². The lowest BCUT2D eigenvalue weighted by atomic mass is 10.2. The van der Waals surface area contributed by atoms with Gasteiger partial charge < -0.3 is 9.84 Å². The van der Waals surface area contributed by atoms with E-state index in [1.165, 1.54) is 0 Å². The van der Waals surface area contributed by atoms with E-state index in [2.05, 4.69) is 10.3 Å². The molecule has 0 radical (unpaired) electrons. The van der Waals surface area contributed by atoms with Crippen molar-refractivity contribution < 1.29 is 9.84 Å². The van der Waals surface area contributed by atoms with Gasteiger partial charge in [-0.15, -0.1) is 5.10 Å². The molecule has 2 heterocycles. The predicted octanol–water partition coefficient (Wildman–Crippen LogP) is 0.382. The van der Waals surface area contributed by atoms with E-state index in [-0.39, 0.29) is 6.61 Å². The van der Waals surface area contributed by atoms with E-state index in [0.29, 0.717) is 6.10 Å². The summed E-state index contributed by atoms with van der Waals surface area (Å²) in [5, 5.41) is 16.8. The van der Waals surface area contributed by atoms with Crippen LogP contribution in [0.15, 0.2) is 6.20 Å². The highest BCUT2D eigenvalue weighted by atomic mass is 16.5. The van der Waals surface area contributed by atoms with Gasteiger partial charge in [0.15, 0.2) is 0 Å². The van der Waals surface area contributed by atoms with Crippen molar-refractivity contribution >= 4 is 0 Å². The molecule has 1 unspecified atom stereocenters. The molecule has 5 heteroatoms. The van der Waals surface area contributed by atoms with Gasteiger partial charge in [0, 0.05) is 19.4 Å². The zero-order valence-corrected chi connectivity index (χ0v) is 8.80. The maximum absolute atomic E-state index is 8.69. The van der Waals surface area contributed by atoms with Crippen molar-refractivity contribution in [1.29, 1.82) is 0 Å². The van der Waals surface area contributed by atoms with Crippen molar-refractivity contribution in [2.24, 2.45) is 0 Å². The van der Waals surface area contributed by atoms with Gasteiger partial charge in [0.05, 0.1) is 18.3 Å². The molecule has 5 nitrogen and oxygen atoms in total. The Morgan fingerprint density at radius 1 is 1.60 bits per heavy atom. The summed E-state index contributed by atoms with van der Waals surface area (Å²) in [7, 11) is 0. The largest absolute Gasteiger partial charge is 0.396 e. The molecule has 1 aliphatic rings. The number of aromatic nitrogens is 3. The van der Waals surface area contributed by atoms with Crippen molar-refractivity contribution in [3.8, 4) is 0 Å². The zero-order valence-electron chi connectivity index (χ0n) is 8.80. The number of aliphatic hydroxyl groups excluding tert-OH is 1. The Labute approximate surface area is 89.0 Å². The van der Waals surface area contributed by atoms with Crippen molar-refractivity contribution in [3.05, 3.63) is 11.9 Å². The highest BCUT2D eigenvalue weighted by Gasteiger charge is 2.16. The van der Waals surface area contributed by atoms with Gasteiger partial charge >= 0.3 is 0 Å². The maximum atomic E-state index is 8.69. The average Bonchev–Trinajstić information content (AvgIpc) is 2.87. The van der Waals surface area contributed by atoms with Crippen LogP contribution in [-0.2, 0) is 17.7 Å². The summed E-state index contributed by atoms with van der Waals surface area (Å²) in [4.78, 5) is 0. The third kappa shape index (κ3) is 3.00. The van der Waals surface area contributed by atoms with Gasteiger partial charge in [0.1, 0.15) is 0 Å². The van der Waals surface area contributed by atoms with Gasteiger partial charge in [-0.3, -0.25) is 0 Å². The molecule has 1 aromatic rings. The van der Waals surface area contributed by atoms with Gasteiger partial charge in [-0.05, 0) is 25.7 Å². The topological polar surface area (TPSA) is 60.2 Å². The zero-order chi connectivity index (χ0) is 10.5. The molecule has 84 valence electrons. The van der Waals surface area contributed by atoms with Gasteiger partial charge in [0.25, 0.3) is 0 Å². The number of aryl methyl sites for hydroxylation is 1. The van der Waals surface area contributed by atoms with Crippen LogP contribution in [0, 0.1) is 0 Å². The summed E-state index contributed by atoms with van der Waals surface area (Å²) in [5.74, 6) is 0. The lowest BCUT2D eigenvalue weighted by Crippen LogP contribution is -2.15. The molecule has 0 saturated carbocycles. The number of rotatable bonds is 5. The normalized spacial score (nSPS) is 21.0. The van der Waals surface area contributed by atoms with E-state index < -0.39 is 0 Å². The molecule has 1 aliphatic heterocycles. The fraction of sp³-hybridized carbons (Fsp3) is 0.800. The smallest absolute Gasteiger partial charge is 0.0828 e. The van der Waals surface area contributed by atoms with Crippen LogP contribution < -0.4 is 0 Å². The Kier molecular flexibility index (Phi) is 3.69. The summed E-state index contributed by atoms with van der Waals surface area (Å²) < 4.78 is 7.35. The van der Waals surface area contributed by atoms with E-state index in [4.69, 9.17) is 9.84 Å². The molecule has 0 amide bonds. The fourth-order valence-corrected chi connectivity index (χ4v) is 1.80. The third-order valence-electron chi connectivity index (χ3n) is 2.59. The molecular weight excluding hydrogens is 194 g/mol. The molecule has 0 spiro atoms. The van der Waals surface area contributed by atoms with Crippen LogP contribution in [0.4, 0.5) is 0 Å². The highest BCUT2D eigenvalue weighted by Crippen LogP contribution is 2.13. The predicted molar refractivity (Wildman–Crippen MR) is 54.4 cm³/mol. The summed E-state index contributed by atoms with van der Waals surface area (Å²) in [6.07, 6.45) is 6.05. The number of hydrogen-bond acceptors (Lipinski definition) is 4. The SMILES string of the molecule is OCCCc1cn(CC2CCCO2)nn1. The lowest BCUT2D eigenvalue weighted by Gasteiger charge is -2.07. The minimum Gasteiger partial charge on any atom is -0.396 e. The first kappa shape index (κ1) is 10.6. The fourth-order valence-electron chi connectivity index (χ4n) is 1.80. The third-order valence-corrected chi connectivity index (χ3v) is 2.59. The van der Waals surface area contributed by atoms with Crippen molar-refractivity contribution in [3.63, 3.8) is 0 Å². The van der Waals surface area contributed by atoms with Crippen LogP contribution >= 0.6 is 0 Å². The van der Waals surface area contributed by atoms with E-state index in [9.17, 15) is 0 Å². The molecule has 15 heavy (non-hydrogen) atoms. The van der Waals surface area contributed by atoms with Crippen molar-refractivity contribution in [2.45, 2.75) is 38.3 Å². The van der Waals surface area contributed by atoms with Gasteiger partial charge in [-0.1, -0.05) is 5.21 Å². The van der Waals surface area contributed by atoms with Gasteiger partial charge in [-0.2, -0.15) is 0 Å². The molecule has 1 N–H and O–H groups in total. The standard InChI is InChI=1S/C10H17N3O2/c14-5-1-3-9-7-13(12-11-9)8-10-4-2-6-15-10/h7,10,14H,1-6,8H2. The molecule has 0 aliphatic carbocycles. The van der Waals surface area contributed by atoms with Crippen molar-refractivity contribution in [1.82, 2.24) is 15.0 Å². The molecule has 1 saturated heterocycles. The maximum Gasteiger partial charge on any atom is 0.0828 e. The Morgan fingerprint density at radius 3 is 3.27 bits per heavy atom. The minimum atomic E-state index is 0.207. The van der Waals surface area contributed by atoms with E-state index in [0.717, 1.165) is 44.5 Å². The summed E-state index contributed by atoms with van der Waals surface area (Å²) >= 11 is 0. The summed E-state index contributed by atoms with van der Waals surface area (Å²) in [5.41, 5.74) is 0.946. The minimum absolute atomic E-state index is 0.207. The Morgan fingerprint density at radius 2 is 2.53 bits per heavy atom. The van der Waals surface area contributed by atoms with Crippen LogP contribution in [0.2, 0.25) is 0 Å². The molecule has 1 atom stereocenters. The lowest BCUT2D eigenvalue weighted by molar-refractivity contribution is 0.0935. The second-order valence-electron chi connectivity index (χ2n) is 3.89. The number of nitrogens with zero attached hydrogens (tertiary/aromatic N) is 3. The first-order valence-corrected chi connectivity index (χ1v) is 5.50. The summed E-state index contributed by atoms with van der Waals surface area (Å²) in [6, 6.07) is 0. The van der Waals surface area contributed by atoms with Crippen molar-refractivity contribution in [2.75, 3.05) is 13.2 Å². The monoisotopic (exact) mass is 211 g/mol. The first-order valence-electron chi connectivity index (χ1n) is 5.50. The Balaban J connectivity index is 1.83. The molecule has 0 aromatic carbocycles. The van der Waals surface area contributed by atoms with Crippen LogP contribution in [0.1, 0.15) is 25.0 Å². The van der Waals surface area contributed by atoms with Crippen LogP contribution in [0.5, 0.6) is 0 Å².